The van der Waals surface area contributed by atoms with E-state index in [-0.39, 0.29) is 12.2 Å². The van der Waals surface area contributed by atoms with Gasteiger partial charge in [0.05, 0.1) is 18.8 Å². The Morgan fingerprint density at radius 1 is 1.31 bits per heavy atom. The first-order chi connectivity index (χ1) is 6.33. The van der Waals surface area contributed by atoms with Gasteiger partial charge < -0.3 is 14.8 Å². The van der Waals surface area contributed by atoms with Gasteiger partial charge in [-0.15, -0.1) is 0 Å². The maximum atomic E-state index is 10.8. The molecule has 4 unspecified atom stereocenters. The Balaban J connectivity index is 1.69. The fourth-order valence-electron chi connectivity index (χ4n) is 2.71. The number of cyclic esters (lactones) is 1. The molecule has 3 heterocycles. The van der Waals surface area contributed by atoms with Gasteiger partial charge in [-0.3, -0.25) is 0 Å². The fourth-order valence-corrected chi connectivity index (χ4v) is 2.71. The van der Waals surface area contributed by atoms with Crippen molar-refractivity contribution in [1.82, 2.24) is 5.32 Å². The predicted molar refractivity (Wildman–Crippen MR) is 44.3 cm³/mol. The Hall–Kier alpha value is -0.770. The number of ether oxygens (including phenoxy) is 2. The van der Waals surface area contributed by atoms with E-state index in [1.165, 1.54) is 6.42 Å². The number of carbonyl (C=O) groups excluding carboxylic acids is 1. The number of carbonyl (C=O) groups is 1. The second-order valence-electron chi connectivity index (χ2n) is 4.10. The number of amides is 1. The lowest BCUT2D eigenvalue weighted by Gasteiger charge is -2.22. The van der Waals surface area contributed by atoms with Gasteiger partial charge in [-0.25, -0.2) is 4.79 Å². The van der Waals surface area contributed by atoms with E-state index < -0.39 is 0 Å². The highest BCUT2D eigenvalue weighted by Crippen LogP contribution is 2.41. The third-order valence-electron chi connectivity index (χ3n) is 3.34. The van der Waals surface area contributed by atoms with Crippen LogP contribution in [-0.4, -0.2) is 30.9 Å². The van der Waals surface area contributed by atoms with Crippen LogP contribution in [0, 0.1) is 5.92 Å². The van der Waals surface area contributed by atoms with Crippen LogP contribution in [0.15, 0.2) is 0 Å². The summed E-state index contributed by atoms with van der Waals surface area (Å²) < 4.78 is 10.9. The van der Waals surface area contributed by atoms with Crippen molar-refractivity contribution in [3.05, 3.63) is 0 Å². The van der Waals surface area contributed by atoms with Crippen LogP contribution >= 0.6 is 0 Å². The largest absolute Gasteiger partial charge is 0.444 e. The molecule has 0 aromatic carbocycles. The third-order valence-corrected chi connectivity index (χ3v) is 3.34. The zero-order valence-corrected chi connectivity index (χ0v) is 7.36. The molecule has 4 heteroatoms. The molecule has 3 saturated heterocycles. The van der Waals surface area contributed by atoms with E-state index in [4.69, 9.17) is 9.47 Å². The first-order valence-electron chi connectivity index (χ1n) is 4.93. The van der Waals surface area contributed by atoms with Gasteiger partial charge in [-0.1, -0.05) is 0 Å². The Morgan fingerprint density at radius 2 is 2.23 bits per heavy atom. The Bertz CT molecular complexity index is 243. The lowest BCUT2D eigenvalue weighted by atomic mass is 9.85. The first-order valence-corrected chi connectivity index (χ1v) is 4.93. The second kappa shape index (κ2) is 2.61. The number of hydrogen-bond donors (Lipinski definition) is 1. The van der Waals surface area contributed by atoms with Crippen LogP contribution in [-0.2, 0) is 9.47 Å². The van der Waals surface area contributed by atoms with E-state index in [1.807, 2.05) is 0 Å². The van der Waals surface area contributed by atoms with E-state index in [0.717, 1.165) is 12.8 Å². The maximum Gasteiger partial charge on any atom is 0.407 e. The number of alkyl carbamates (subject to hydrolysis) is 1. The van der Waals surface area contributed by atoms with Gasteiger partial charge in [0.1, 0.15) is 6.10 Å². The summed E-state index contributed by atoms with van der Waals surface area (Å²) in [5.41, 5.74) is 0. The van der Waals surface area contributed by atoms with E-state index in [2.05, 4.69) is 5.32 Å². The molecule has 3 aliphatic heterocycles. The van der Waals surface area contributed by atoms with Gasteiger partial charge in [-0.2, -0.15) is 0 Å². The molecule has 1 amide bonds. The molecule has 3 aliphatic rings. The zero-order chi connectivity index (χ0) is 8.84. The van der Waals surface area contributed by atoms with Gasteiger partial charge in [0, 0.05) is 5.92 Å². The van der Waals surface area contributed by atoms with Crippen molar-refractivity contribution >= 4 is 6.09 Å². The fraction of sp³-hybridized carbons (Fsp3) is 0.889. The molecule has 2 bridgehead atoms. The first kappa shape index (κ1) is 7.62. The second-order valence-corrected chi connectivity index (χ2v) is 4.10. The number of nitrogens with one attached hydrogen (secondary N) is 1. The summed E-state index contributed by atoms with van der Waals surface area (Å²) in [6.45, 7) is 0.663. The summed E-state index contributed by atoms with van der Waals surface area (Å²) in [4.78, 5) is 10.8. The Morgan fingerprint density at radius 3 is 2.77 bits per heavy atom. The van der Waals surface area contributed by atoms with Crippen molar-refractivity contribution in [1.29, 1.82) is 0 Å². The summed E-state index contributed by atoms with van der Waals surface area (Å²) >= 11 is 0. The molecule has 0 aromatic rings. The van der Waals surface area contributed by atoms with Gasteiger partial charge in [-0.05, 0) is 19.3 Å². The summed E-state index contributed by atoms with van der Waals surface area (Å²) in [5, 5.41) is 2.69. The van der Waals surface area contributed by atoms with E-state index in [0.29, 0.717) is 24.7 Å². The van der Waals surface area contributed by atoms with Gasteiger partial charge in [0.25, 0.3) is 0 Å². The molecule has 3 fully saturated rings. The Labute approximate surface area is 76.6 Å². The van der Waals surface area contributed by atoms with Crippen molar-refractivity contribution in [2.45, 2.75) is 37.6 Å². The SMILES string of the molecule is O=C1NCC(C2CC3CCC2O3)O1. The highest BCUT2D eigenvalue weighted by atomic mass is 16.6. The summed E-state index contributed by atoms with van der Waals surface area (Å²) in [5.74, 6) is 0.442. The minimum Gasteiger partial charge on any atom is -0.444 e. The molecule has 72 valence electrons. The van der Waals surface area contributed by atoms with Crippen LogP contribution in [0.5, 0.6) is 0 Å². The van der Waals surface area contributed by atoms with Crippen molar-refractivity contribution in [2.75, 3.05) is 6.54 Å². The van der Waals surface area contributed by atoms with Crippen LogP contribution < -0.4 is 5.32 Å². The van der Waals surface area contributed by atoms with Crippen LogP contribution in [0.2, 0.25) is 0 Å². The zero-order valence-electron chi connectivity index (χ0n) is 7.36. The molecule has 0 aliphatic carbocycles. The van der Waals surface area contributed by atoms with Crippen molar-refractivity contribution in [2.24, 2.45) is 5.92 Å². The minimum absolute atomic E-state index is 0.0581. The molecule has 4 atom stereocenters. The molecule has 1 N–H and O–H groups in total. The average molecular weight is 183 g/mol. The highest BCUT2D eigenvalue weighted by molar-refractivity contribution is 5.69. The predicted octanol–water partition coefficient (Wildman–Crippen LogP) is 0.662. The highest BCUT2D eigenvalue weighted by Gasteiger charge is 2.47. The lowest BCUT2D eigenvalue weighted by molar-refractivity contribution is 0.0506. The monoisotopic (exact) mass is 183 g/mol. The molecular formula is C9H13NO3. The standard InChI is InChI=1S/C9H13NO3/c11-9-10-4-8(13-9)6-3-5-1-2-7(6)12-5/h5-8H,1-4H2,(H,10,11). The molecular weight excluding hydrogens is 170 g/mol. The third kappa shape index (κ3) is 1.12. The quantitative estimate of drug-likeness (QED) is 0.649. The van der Waals surface area contributed by atoms with Crippen LogP contribution in [0.1, 0.15) is 19.3 Å². The number of fused-ring (bicyclic) bond motifs is 2. The van der Waals surface area contributed by atoms with Gasteiger partial charge in [0.15, 0.2) is 0 Å². The van der Waals surface area contributed by atoms with E-state index >= 15 is 0 Å². The summed E-state index contributed by atoms with van der Waals surface area (Å²) in [6.07, 6.45) is 3.98. The normalized spacial score (nSPS) is 47.8. The average Bonchev–Trinajstić information content (AvgIpc) is 2.77. The van der Waals surface area contributed by atoms with Crippen LogP contribution in [0.4, 0.5) is 4.79 Å². The maximum absolute atomic E-state index is 10.8. The van der Waals surface area contributed by atoms with Crippen molar-refractivity contribution in [3.8, 4) is 0 Å². The van der Waals surface area contributed by atoms with Crippen molar-refractivity contribution in [3.63, 3.8) is 0 Å². The molecule has 3 rings (SSSR count). The molecule has 0 saturated carbocycles. The molecule has 4 nitrogen and oxygen atoms in total. The molecule has 0 spiro atoms. The van der Waals surface area contributed by atoms with E-state index in [9.17, 15) is 4.79 Å². The summed E-state index contributed by atoms with van der Waals surface area (Å²) in [6, 6.07) is 0. The molecule has 0 radical (unpaired) electrons. The Kier molecular flexibility index (Phi) is 1.53. The van der Waals surface area contributed by atoms with E-state index in [1.54, 1.807) is 0 Å². The minimum atomic E-state index is -0.271. The number of hydrogen-bond acceptors (Lipinski definition) is 3. The van der Waals surface area contributed by atoms with Crippen LogP contribution in [0.3, 0.4) is 0 Å². The molecule has 0 aromatic heterocycles. The lowest BCUT2D eigenvalue weighted by Crippen LogP contribution is -2.31. The molecule has 13 heavy (non-hydrogen) atoms. The van der Waals surface area contributed by atoms with Crippen molar-refractivity contribution < 1.29 is 14.3 Å². The van der Waals surface area contributed by atoms with Gasteiger partial charge in [0.2, 0.25) is 0 Å². The number of rotatable bonds is 1. The summed E-state index contributed by atoms with van der Waals surface area (Å²) in [7, 11) is 0. The van der Waals surface area contributed by atoms with Gasteiger partial charge >= 0.3 is 6.09 Å². The topological polar surface area (TPSA) is 47.6 Å². The smallest absolute Gasteiger partial charge is 0.407 e. The van der Waals surface area contributed by atoms with Crippen LogP contribution in [0.25, 0.3) is 0 Å².